The zero-order valence-corrected chi connectivity index (χ0v) is 16.6. The molecule has 1 N–H and O–H groups in total. The largest absolute Gasteiger partial charge is 0.481 e. The van der Waals surface area contributed by atoms with Crippen molar-refractivity contribution >= 4 is 81.2 Å². The maximum absolute atomic E-state index is 12.1. The molecule has 0 saturated heterocycles. The lowest BCUT2D eigenvalue weighted by Gasteiger charge is -2.14. The highest BCUT2D eigenvalue weighted by Gasteiger charge is 2.21. The number of carbonyl (C=O) groups is 1. The van der Waals surface area contributed by atoms with Crippen LogP contribution in [-0.4, -0.2) is 12.5 Å². The van der Waals surface area contributed by atoms with Gasteiger partial charge in [0.2, 0.25) is 0 Å². The van der Waals surface area contributed by atoms with Crippen LogP contribution in [0.15, 0.2) is 18.2 Å². The zero-order chi connectivity index (χ0) is 18.0. The molecule has 2 aromatic carbocycles. The third-order valence-corrected chi connectivity index (χ3v) is 5.47. The van der Waals surface area contributed by atoms with Gasteiger partial charge in [0, 0.05) is 10.7 Å². The number of ether oxygens (including phenoxy) is 1. The van der Waals surface area contributed by atoms with Gasteiger partial charge < -0.3 is 10.1 Å². The molecule has 0 heterocycles. The van der Waals surface area contributed by atoms with E-state index in [-0.39, 0.29) is 37.5 Å². The summed E-state index contributed by atoms with van der Waals surface area (Å²) in [5.41, 5.74) is 1.42. The van der Waals surface area contributed by atoms with Gasteiger partial charge in [-0.15, -0.1) is 0 Å². The SMILES string of the molecule is Cc1ccc(Cl)cc1NC(=O)COc1c(Cl)c(Cl)c(Cl)c(Cl)c1Cl. The van der Waals surface area contributed by atoms with Crippen molar-refractivity contribution in [1.29, 1.82) is 0 Å². The summed E-state index contributed by atoms with van der Waals surface area (Å²) in [5.74, 6) is -0.453. The van der Waals surface area contributed by atoms with Crippen LogP contribution < -0.4 is 10.1 Å². The molecule has 0 atom stereocenters. The molecule has 1 amide bonds. The highest BCUT2D eigenvalue weighted by molar-refractivity contribution is 6.55. The van der Waals surface area contributed by atoms with Crippen molar-refractivity contribution in [1.82, 2.24) is 0 Å². The molecule has 2 aromatic rings. The van der Waals surface area contributed by atoms with Crippen molar-refractivity contribution < 1.29 is 9.53 Å². The average molecular weight is 448 g/mol. The van der Waals surface area contributed by atoms with E-state index in [1.165, 1.54) is 0 Å². The van der Waals surface area contributed by atoms with E-state index >= 15 is 0 Å². The molecule has 0 unspecified atom stereocenters. The predicted molar refractivity (Wildman–Crippen MR) is 102 cm³/mol. The second-order valence-electron chi connectivity index (χ2n) is 4.70. The molecule has 0 aromatic heterocycles. The summed E-state index contributed by atoms with van der Waals surface area (Å²) in [7, 11) is 0. The van der Waals surface area contributed by atoms with Crippen LogP contribution in [0.2, 0.25) is 30.1 Å². The summed E-state index contributed by atoms with van der Waals surface area (Å²) in [6.07, 6.45) is 0. The standard InChI is InChI=1S/C15H9Cl6NO2/c1-6-2-3-7(16)4-8(6)22-9(23)5-24-15-13(20)11(18)10(17)12(19)14(15)21/h2-4H,5H2,1H3,(H,22,23). The highest BCUT2D eigenvalue weighted by Crippen LogP contribution is 2.48. The van der Waals surface area contributed by atoms with Crippen molar-refractivity contribution in [3.63, 3.8) is 0 Å². The van der Waals surface area contributed by atoms with Crippen LogP contribution in [0.1, 0.15) is 5.56 Å². The van der Waals surface area contributed by atoms with Crippen molar-refractivity contribution in [2.75, 3.05) is 11.9 Å². The fourth-order valence-electron chi connectivity index (χ4n) is 1.76. The van der Waals surface area contributed by atoms with Crippen LogP contribution in [0.25, 0.3) is 0 Å². The Bertz CT molecular complexity index is 780. The number of carbonyl (C=O) groups excluding carboxylic acids is 1. The lowest BCUT2D eigenvalue weighted by atomic mass is 10.2. The van der Waals surface area contributed by atoms with Gasteiger partial charge in [0.15, 0.2) is 12.4 Å². The topological polar surface area (TPSA) is 38.3 Å². The Morgan fingerprint density at radius 3 is 2.08 bits per heavy atom. The monoisotopic (exact) mass is 445 g/mol. The fraction of sp³-hybridized carbons (Fsp3) is 0.133. The Morgan fingerprint density at radius 1 is 0.958 bits per heavy atom. The van der Waals surface area contributed by atoms with Crippen LogP contribution >= 0.6 is 69.6 Å². The lowest BCUT2D eigenvalue weighted by Crippen LogP contribution is -2.21. The molecule has 3 nitrogen and oxygen atoms in total. The molecule has 0 aliphatic heterocycles. The maximum atomic E-state index is 12.1. The number of nitrogens with one attached hydrogen (secondary N) is 1. The van der Waals surface area contributed by atoms with E-state index in [0.29, 0.717) is 10.7 Å². The summed E-state index contributed by atoms with van der Waals surface area (Å²) in [6.45, 7) is 1.47. The van der Waals surface area contributed by atoms with Gasteiger partial charge in [-0.05, 0) is 24.6 Å². The van der Waals surface area contributed by atoms with Crippen LogP contribution in [-0.2, 0) is 4.79 Å². The number of benzene rings is 2. The average Bonchev–Trinajstić information content (AvgIpc) is 2.54. The molecule has 0 bridgehead atoms. The molecular weight excluding hydrogens is 439 g/mol. The van der Waals surface area contributed by atoms with E-state index in [1.54, 1.807) is 18.2 Å². The van der Waals surface area contributed by atoms with E-state index in [2.05, 4.69) is 5.32 Å². The Balaban J connectivity index is 2.14. The predicted octanol–water partition coefficient (Wildman–Crippen LogP) is 6.93. The molecule has 0 fully saturated rings. The van der Waals surface area contributed by atoms with Gasteiger partial charge in [0.05, 0.1) is 15.1 Å². The number of amides is 1. The molecule has 0 aliphatic rings. The van der Waals surface area contributed by atoms with Gasteiger partial charge in [-0.2, -0.15) is 0 Å². The van der Waals surface area contributed by atoms with Crippen molar-refractivity contribution in [2.45, 2.75) is 6.92 Å². The molecule has 24 heavy (non-hydrogen) atoms. The van der Waals surface area contributed by atoms with Gasteiger partial charge in [-0.3, -0.25) is 4.79 Å². The number of aryl methyl sites for hydroxylation is 1. The maximum Gasteiger partial charge on any atom is 0.262 e. The lowest BCUT2D eigenvalue weighted by molar-refractivity contribution is -0.118. The smallest absolute Gasteiger partial charge is 0.262 e. The number of rotatable bonds is 4. The van der Waals surface area contributed by atoms with E-state index < -0.39 is 5.91 Å². The molecule has 128 valence electrons. The second kappa shape index (κ2) is 8.22. The minimum absolute atomic E-state index is 0.00572. The fourth-order valence-corrected chi connectivity index (χ4v) is 3.17. The van der Waals surface area contributed by atoms with E-state index in [9.17, 15) is 4.79 Å². The molecule has 0 spiro atoms. The number of anilines is 1. The Labute approximate surface area is 168 Å². The van der Waals surface area contributed by atoms with Crippen molar-refractivity contribution in [2.24, 2.45) is 0 Å². The molecule has 0 aliphatic carbocycles. The normalized spacial score (nSPS) is 10.6. The van der Waals surface area contributed by atoms with E-state index in [4.69, 9.17) is 74.3 Å². The summed E-state index contributed by atoms with van der Waals surface area (Å²) in [5, 5.41) is 3.13. The van der Waals surface area contributed by atoms with Crippen LogP contribution in [0.4, 0.5) is 5.69 Å². The van der Waals surface area contributed by atoms with E-state index in [0.717, 1.165) is 5.56 Å². The first-order valence-corrected chi connectivity index (χ1v) is 8.69. The zero-order valence-electron chi connectivity index (χ0n) is 12.0. The summed E-state index contributed by atoms with van der Waals surface area (Å²) in [6, 6.07) is 5.14. The van der Waals surface area contributed by atoms with Gasteiger partial charge in [0.25, 0.3) is 5.91 Å². The summed E-state index contributed by atoms with van der Waals surface area (Å²) in [4.78, 5) is 12.1. The molecule has 9 heteroatoms. The Morgan fingerprint density at radius 2 is 1.50 bits per heavy atom. The van der Waals surface area contributed by atoms with Gasteiger partial charge in [-0.1, -0.05) is 75.7 Å². The Hall–Kier alpha value is -0.550. The number of hydrogen-bond donors (Lipinski definition) is 1. The van der Waals surface area contributed by atoms with Gasteiger partial charge in [-0.25, -0.2) is 0 Å². The summed E-state index contributed by atoms with van der Waals surface area (Å²) >= 11 is 35.7. The highest BCUT2D eigenvalue weighted by atomic mass is 35.5. The number of halogens is 6. The van der Waals surface area contributed by atoms with Crippen LogP contribution in [0, 0.1) is 6.92 Å². The molecular formula is C15H9Cl6NO2. The van der Waals surface area contributed by atoms with Crippen LogP contribution in [0.5, 0.6) is 5.75 Å². The second-order valence-corrected chi connectivity index (χ2v) is 7.02. The van der Waals surface area contributed by atoms with Crippen molar-refractivity contribution in [3.05, 3.63) is 53.9 Å². The van der Waals surface area contributed by atoms with Crippen molar-refractivity contribution in [3.8, 4) is 5.75 Å². The first-order chi connectivity index (χ1) is 11.2. The van der Waals surface area contributed by atoms with Crippen LogP contribution in [0.3, 0.4) is 0 Å². The van der Waals surface area contributed by atoms with E-state index in [1.807, 2.05) is 6.92 Å². The van der Waals surface area contributed by atoms with Gasteiger partial charge >= 0.3 is 0 Å². The Kier molecular flexibility index (Phi) is 6.77. The third kappa shape index (κ3) is 4.34. The molecule has 0 saturated carbocycles. The minimum Gasteiger partial charge on any atom is -0.481 e. The molecule has 0 radical (unpaired) electrons. The van der Waals surface area contributed by atoms with Gasteiger partial charge in [0.1, 0.15) is 10.0 Å². The third-order valence-electron chi connectivity index (χ3n) is 2.99. The number of hydrogen-bond acceptors (Lipinski definition) is 2. The quantitative estimate of drug-likeness (QED) is 0.407. The first-order valence-electron chi connectivity index (χ1n) is 6.42. The minimum atomic E-state index is -0.435. The summed E-state index contributed by atoms with van der Waals surface area (Å²) < 4.78 is 5.35. The molecule has 2 rings (SSSR count). The first kappa shape index (κ1) is 19.8.